The molecule has 18 heavy (non-hydrogen) atoms. The van der Waals surface area contributed by atoms with Gasteiger partial charge in [-0.2, -0.15) is 21.7 Å². The number of rotatable bonds is 5. The van der Waals surface area contributed by atoms with Gasteiger partial charge < -0.3 is 14.8 Å². The molecule has 6 heteroatoms. The van der Waals surface area contributed by atoms with E-state index in [9.17, 15) is 0 Å². The smallest absolute Gasteiger partial charge is 0.229 e. The van der Waals surface area contributed by atoms with Crippen LogP contribution < -0.4 is 14.8 Å². The topological polar surface area (TPSA) is 56.3 Å². The molecule has 1 aromatic rings. The van der Waals surface area contributed by atoms with Gasteiger partial charge in [-0.05, 0) is 25.5 Å². The van der Waals surface area contributed by atoms with E-state index in [-0.39, 0.29) is 0 Å². The zero-order chi connectivity index (χ0) is 13.0. The Morgan fingerprint density at radius 1 is 1.22 bits per heavy atom. The molecule has 0 aliphatic heterocycles. The van der Waals surface area contributed by atoms with Crippen LogP contribution in [0.5, 0.6) is 11.8 Å². The normalized spacial score (nSPS) is 22.8. The largest absolute Gasteiger partial charge is 0.481 e. The molecular formula is C12H19N3O2S. The molecule has 2 unspecified atom stereocenters. The molecule has 0 aromatic carbocycles. The number of nitrogens with zero attached hydrogens (tertiary/aromatic N) is 2. The Kier molecular flexibility index (Phi) is 4.52. The lowest BCUT2D eigenvalue weighted by atomic mass is 10.2. The molecule has 1 N–H and O–H groups in total. The van der Waals surface area contributed by atoms with Gasteiger partial charge in [0, 0.05) is 11.3 Å². The molecule has 1 fully saturated rings. The van der Waals surface area contributed by atoms with Crippen LogP contribution in [0.2, 0.25) is 0 Å². The number of hydrogen-bond acceptors (Lipinski definition) is 6. The van der Waals surface area contributed by atoms with E-state index in [1.54, 1.807) is 20.3 Å². The van der Waals surface area contributed by atoms with Crippen LogP contribution in [0.15, 0.2) is 6.07 Å². The highest BCUT2D eigenvalue weighted by Gasteiger charge is 2.24. The van der Waals surface area contributed by atoms with Crippen molar-refractivity contribution in [1.82, 2.24) is 9.97 Å². The highest BCUT2D eigenvalue weighted by Crippen LogP contribution is 2.30. The second-order valence-electron chi connectivity index (χ2n) is 4.29. The summed E-state index contributed by atoms with van der Waals surface area (Å²) in [6.45, 7) is 0. The second-order valence-corrected chi connectivity index (χ2v) is 5.43. The lowest BCUT2D eigenvalue weighted by molar-refractivity contribution is 0.372. The van der Waals surface area contributed by atoms with Gasteiger partial charge in [-0.1, -0.05) is 0 Å². The zero-order valence-electron chi connectivity index (χ0n) is 11.0. The summed E-state index contributed by atoms with van der Waals surface area (Å²) in [5.41, 5.74) is 0. The molecule has 100 valence electrons. The molecule has 1 heterocycles. The number of nitrogens with one attached hydrogen (secondary N) is 1. The molecule has 0 spiro atoms. The first-order valence-corrected chi connectivity index (χ1v) is 7.30. The molecule has 1 saturated carbocycles. The molecule has 2 atom stereocenters. The maximum atomic E-state index is 5.13. The fraction of sp³-hybridized carbons (Fsp3) is 0.667. The summed E-state index contributed by atoms with van der Waals surface area (Å²) in [7, 11) is 3.18. The fourth-order valence-electron chi connectivity index (χ4n) is 2.15. The first kappa shape index (κ1) is 13.3. The van der Waals surface area contributed by atoms with E-state index in [4.69, 9.17) is 9.47 Å². The van der Waals surface area contributed by atoms with E-state index < -0.39 is 0 Å². The van der Waals surface area contributed by atoms with Crippen molar-refractivity contribution in [3.8, 4) is 11.8 Å². The van der Waals surface area contributed by atoms with E-state index in [0.29, 0.717) is 23.8 Å². The van der Waals surface area contributed by atoms with Crippen LogP contribution in [-0.4, -0.2) is 41.7 Å². The van der Waals surface area contributed by atoms with Gasteiger partial charge in [-0.15, -0.1) is 0 Å². The SMILES string of the molecule is COc1cc(OC)nc(NC2CCC(SC)C2)n1. The summed E-state index contributed by atoms with van der Waals surface area (Å²) in [6, 6.07) is 2.11. The van der Waals surface area contributed by atoms with Gasteiger partial charge in [0.2, 0.25) is 17.7 Å². The number of thioether (sulfide) groups is 1. The Labute approximate surface area is 112 Å². The number of ether oxygens (including phenoxy) is 2. The van der Waals surface area contributed by atoms with Gasteiger partial charge in [0.15, 0.2) is 0 Å². The third-order valence-electron chi connectivity index (χ3n) is 3.15. The molecule has 1 aromatic heterocycles. The van der Waals surface area contributed by atoms with Crippen molar-refractivity contribution in [3.63, 3.8) is 0 Å². The molecular weight excluding hydrogens is 250 g/mol. The molecule has 0 amide bonds. The van der Waals surface area contributed by atoms with Crippen LogP contribution >= 0.6 is 11.8 Å². The lowest BCUT2D eigenvalue weighted by Crippen LogP contribution is -2.18. The molecule has 0 saturated heterocycles. The highest BCUT2D eigenvalue weighted by atomic mass is 32.2. The summed E-state index contributed by atoms with van der Waals surface area (Å²) < 4.78 is 10.3. The number of hydrogen-bond donors (Lipinski definition) is 1. The van der Waals surface area contributed by atoms with E-state index in [2.05, 4.69) is 21.5 Å². The van der Waals surface area contributed by atoms with E-state index in [1.165, 1.54) is 6.42 Å². The molecule has 0 radical (unpaired) electrons. The maximum Gasteiger partial charge on any atom is 0.229 e. The summed E-state index contributed by atoms with van der Waals surface area (Å²) in [6.07, 6.45) is 5.73. The van der Waals surface area contributed by atoms with Gasteiger partial charge in [-0.25, -0.2) is 0 Å². The Bertz CT molecular complexity index is 381. The van der Waals surface area contributed by atoms with E-state index >= 15 is 0 Å². The Morgan fingerprint density at radius 3 is 2.39 bits per heavy atom. The number of methoxy groups -OCH3 is 2. The minimum absolute atomic E-state index is 0.444. The molecule has 0 bridgehead atoms. The summed E-state index contributed by atoms with van der Waals surface area (Å²) >= 11 is 1.93. The predicted molar refractivity (Wildman–Crippen MR) is 73.7 cm³/mol. The summed E-state index contributed by atoms with van der Waals surface area (Å²) in [5.74, 6) is 1.62. The molecule has 5 nitrogen and oxygen atoms in total. The van der Waals surface area contributed by atoms with Crippen LogP contribution in [0.25, 0.3) is 0 Å². The molecule has 1 aliphatic carbocycles. The molecule has 1 aliphatic rings. The maximum absolute atomic E-state index is 5.13. The van der Waals surface area contributed by atoms with Gasteiger partial charge >= 0.3 is 0 Å². The Morgan fingerprint density at radius 2 is 1.89 bits per heavy atom. The van der Waals surface area contributed by atoms with E-state index in [1.807, 2.05) is 11.8 Å². The molecule has 2 rings (SSSR count). The van der Waals surface area contributed by atoms with Gasteiger partial charge in [0.05, 0.1) is 20.3 Å². The third kappa shape index (κ3) is 3.19. The van der Waals surface area contributed by atoms with Gasteiger partial charge in [0.1, 0.15) is 0 Å². The summed E-state index contributed by atoms with van der Waals surface area (Å²) in [4.78, 5) is 8.57. The predicted octanol–water partition coefficient (Wildman–Crippen LogP) is 2.19. The minimum atomic E-state index is 0.444. The first-order chi connectivity index (χ1) is 8.75. The first-order valence-electron chi connectivity index (χ1n) is 6.01. The van der Waals surface area contributed by atoms with Crippen molar-refractivity contribution < 1.29 is 9.47 Å². The van der Waals surface area contributed by atoms with Crippen molar-refractivity contribution in [1.29, 1.82) is 0 Å². The van der Waals surface area contributed by atoms with Crippen LogP contribution in [0.3, 0.4) is 0 Å². The van der Waals surface area contributed by atoms with Crippen LogP contribution in [0.4, 0.5) is 5.95 Å². The minimum Gasteiger partial charge on any atom is -0.481 e. The second kappa shape index (κ2) is 6.13. The lowest BCUT2D eigenvalue weighted by Gasteiger charge is -2.13. The van der Waals surface area contributed by atoms with E-state index in [0.717, 1.165) is 18.1 Å². The van der Waals surface area contributed by atoms with Crippen LogP contribution in [0, 0.1) is 0 Å². The van der Waals surface area contributed by atoms with Crippen LogP contribution in [0.1, 0.15) is 19.3 Å². The fourth-order valence-corrected chi connectivity index (χ4v) is 2.94. The highest BCUT2D eigenvalue weighted by molar-refractivity contribution is 7.99. The Hall–Kier alpha value is -1.17. The van der Waals surface area contributed by atoms with Crippen molar-refractivity contribution >= 4 is 17.7 Å². The van der Waals surface area contributed by atoms with Crippen molar-refractivity contribution in [2.75, 3.05) is 25.8 Å². The average Bonchev–Trinajstić information content (AvgIpc) is 2.85. The zero-order valence-corrected chi connectivity index (χ0v) is 11.8. The number of anilines is 1. The van der Waals surface area contributed by atoms with Crippen molar-refractivity contribution in [2.45, 2.75) is 30.6 Å². The van der Waals surface area contributed by atoms with Crippen molar-refractivity contribution in [3.05, 3.63) is 6.07 Å². The van der Waals surface area contributed by atoms with Gasteiger partial charge in [0.25, 0.3) is 0 Å². The number of aromatic nitrogens is 2. The average molecular weight is 269 g/mol. The monoisotopic (exact) mass is 269 g/mol. The van der Waals surface area contributed by atoms with Crippen LogP contribution in [-0.2, 0) is 0 Å². The van der Waals surface area contributed by atoms with Gasteiger partial charge in [-0.3, -0.25) is 0 Å². The quantitative estimate of drug-likeness (QED) is 0.884. The summed E-state index contributed by atoms with van der Waals surface area (Å²) in [5, 5.41) is 4.10. The Balaban J connectivity index is 2.04. The third-order valence-corrected chi connectivity index (χ3v) is 4.24. The standard InChI is InChI=1S/C12H19N3O2S/c1-16-10-7-11(17-2)15-12(14-10)13-8-4-5-9(6-8)18-3/h7-9H,4-6H2,1-3H3,(H,13,14,15). The van der Waals surface area contributed by atoms with Crippen molar-refractivity contribution in [2.24, 2.45) is 0 Å².